The lowest BCUT2D eigenvalue weighted by atomic mass is 10.1. The first-order valence-electron chi connectivity index (χ1n) is 7.10. The number of amides is 1. The lowest BCUT2D eigenvalue weighted by molar-refractivity contribution is 0.0924. The summed E-state index contributed by atoms with van der Waals surface area (Å²) in [6, 6.07) is -0.131. The maximum Gasteiger partial charge on any atom is 0.255 e. The minimum Gasteiger partial charge on any atom is -0.377 e. The zero-order chi connectivity index (χ0) is 14.2. The van der Waals surface area contributed by atoms with Gasteiger partial charge in [0, 0.05) is 12.1 Å². The van der Waals surface area contributed by atoms with Crippen LogP contribution in [-0.4, -0.2) is 50.4 Å². The van der Waals surface area contributed by atoms with Crippen molar-refractivity contribution in [2.24, 2.45) is 0 Å². The summed E-state index contributed by atoms with van der Waals surface area (Å²) in [5.74, 6) is 0.352. The van der Waals surface area contributed by atoms with Gasteiger partial charge in [-0.15, -0.1) is 5.10 Å². The van der Waals surface area contributed by atoms with Crippen molar-refractivity contribution < 1.29 is 9.53 Å². The van der Waals surface area contributed by atoms with Crippen LogP contribution in [0.3, 0.4) is 0 Å². The maximum atomic E-state index is 12.5. The smallest absolute Gasteiger partial charge is 0.255 e. The molecule has 0 radical (unpaired) electrons. The van der Waals surface area contributed by atoms with Crippen LogP contribution >= 0.6 is 0 Å². The lowest BCUT2D eigenvalue weighted by Gasteiger charge is -2.18. The molecule has 2 aromatic rings. The molecule has 8 heteroatoms. The average Bonchev–Trinajstić information content (AvgIpc) is 2.94. The van der Waals surface area contributed by atoms with Gasteiger partial charge in [-0.2, -0.15) is 5.10 Å². The summed E-state index contributed by atoms with van der Waals surface area (Å²) in [5, 5.41) is 17.8. The number of hydrogen-bond donors (Lipinski definition) is 2. The number of H-pyrrole nitrogens is 1. The summed E-state index contributed by atoms with van der Waals surface area (Å²) < 4.78 is 7.21. The third kappa shape index (κ3) is 2.31. The van der Waals surface area contributed by atoms with Crippen molar-refractivity contribution in [1.29, 1.82) is 0 Å². The Bertz CT molecular complexity index is 633. The second-order valence-corrected chi connectivity index (χ2v) is 5.54. The Balaban J connectivity index is 1.49. The number of rotatable bonds is 4. The van der Waals surface area contributed by atoms with Crippen molar-refractivity contribution in [3.05, 3.63) is 29.8 Å². The van der Waals surface area contributed by atoms with Gasteiger partial charge in [0.2, 0.25) is 0 Å². The molecule has 1 aliphatic carbocycles. The standard InChI is InChI=1S/C13H16N6O2/c20-13(9-5-15-17-12(9)8-1-2-8)16-10-6-21-7-11(10)19-4-3-14-18-19/h3-5,8,10-11H,1-2,6-7H2,(H,15,17)(H,16,20)/t10-,11+/m0/s1. The van der Waals surface area contributed by atoms with Crippen LogP contribution in [0.25, 0.3) is 0 Å². The van der Waals surface area contributed by atoms with Crippen molar-refractivity contribution in [2.45, 2.75) is 30.8 Å². The molecule has 4 rings (SSSR count). The van der Waals surface area contributed by atoms with Gasteiger partial charge in [-0.25, -0.2) is 4.68 Å². The molecule has 1 saturated carbocycles. The number of carbonyl (C=O) groups excluding carboxylic acids is 1. The molecule has 3 heterocycles. The molecule has 21 heavy (non-hydrogen) atoms. The zero-order valence-corrected chi connectivity index (χ0v) is 11.4. The highest BCUT2D eigenvalue weighted by Crippen LogP contribution is 2.40. The van der Waals surface area contributed by atoms with E-state index in [0.717, 1.165) is 18.5 Å². The Morgan fingerprint density at radius 3 is 3.10 bits per heavy atom. The molecule has 2 atom stereocenters. The molecule has 2 aromatic heterocycles. The Hall–Kier alpha value is -2.22. The van der Waals surface area contributed by atoms with Crippen molar-refractivity contribution in [3.63, 3.8) is 0 Å². The predicted octanol–water partition coefficient (Wildman–Crippen LogP) is 0.248. The van der Waals surface area contributed by atoms with E-state index in [4.69, 9.17) is 4.74 Å². The van der Waals surface area contributed by atoms with E-state index in [9.17, 15) is 4.79 Å². The van der Waals surface area contributed by atoms with Crippen LogP contribution in [0.4, 0.5) is 0 Å². The second kappa shape index (κ2) is 4.96. The molecule has 0 aromatic carbocycles. The van der Waals surface area contributed by atoms with E-state index in [0.29, 0.717) is 24.7 Å². The first-order valence-corrected chi connectivity index (χ1v) is 7.10. The number of ether oxygens (including phenoxy) is 1. The van der Waals surface area contributed by atoms with Gasteiger partial charge in [0.05, 0.1) is 48.9 Å². The second-order valence-electron chi connectivity index (χ2n) is 5.54. The number of nitrogens with one attached hydrogen (secondary N) is 2. The fraction of sp³-hybridized carbons (Fsp3) is 0.538. The molecule has 0 unspecified atom stereocenters. The minimum atomic E-state index is -0.110. The number of hydrogen-bond acceptors (Lipinski definition) is 5. The third-order valence-corrected chi connectivity index (χ3v) is 4.05. The highest BCUT2D eigenvalue weighted by Gasteiger charge is 2.34. The van der Waals surface area contributed by atoms with Gasteiger partial charge in [-0.3, -0.25) is 9.89 Å². The van der Waals surface area contributed by atoms with Crippen LogP contribution in [0.5, 0.6) is 0 Å². The summed E-state index contributed by atoms with van der Waals surface area (Å²) in [6.45, 7) is 1.00. The van der Waals surface area contributed by atoms with Crippen LogP contribution < -0.4 is 5.32 Å². The van der Waals surface area contributed by atoms with Crippen LogP contribution in [0.15, 0.2) is 18.6 Å². The maximum absolute atomic E-state index is 12.5. The van der Waals surface area contributed by atoms with E-state index in [-0.39, 0.29) is 18.0 Å². The fourth-order valence-corrected chi connectivity index (χ4v) is 2.74. The van der Waals surface area contributed by atoms with E-state index in [2.05, 4.69) is 25.8 Å². The molecule has 2 aliphatic rings. The van der Waals surface area contributed by atoms with Gasteiger partial charge < -0.3 is 10.1 Å². The highest BCUT2D eigenvalue weighted by molar-refractivity contribution is 5.95. The lowest BCUT2D eigenvalue weighted by Crippen LogP contribution is -2.41. The van der Waals surface area contributed by atoms with Gasteiger partial charge in [0.1, 0.15) is 0 Å². The van der Waals surface area contributed by atoms with Crippen molar-refractivity contribution in [2.75, 3.05) is 13.2 Å². The van der Waals surface area contributed by atoms with Gasteiger partial charge >= 0.3 is 0 Å². The molecular weight excluding hydrogens is 272 g/mol. The number of aromatic nitrogens is 5. The molecule has 1 saturated heterocycles. The summed E-state index contributed by atoms with van der Waals surface area (Å²) in [6.07, 6.45) is 7.25. The molecular formula is C13H16N6O2. The Morgan fingerprint density at radius 1 is 1.43 bits per heavy atom. The van der Waals surface area contributed by atoms with Gasteiger partial charge in [0.25, 0.3) is 5.91 Å². The van der Waals surface area contributed by atoms with E-state index in [1.54, 1.807) is 23.3 Å². The predicted molar refractivity (Wildman–Crippen MR) is 71.7 cm³/mol. The van der Waals surface area contributed by atoms with E-state index < -0.39 is 0 Å². The molecule has 0 bridgehead atoms. The molecule has 110 valence electrons. The first-order chi connectivity index (χ1) is 10.3. The quantitative estimate of drug-likeness (QED) is 0.840. The van der Waals surface area contributed by atoms with Crippen molar-refractivity contribution in [3.8, 4) is 0 Å². The number of nitrogens with zero attached hydrogens (tertiary/aromatic N) is 4. The molecule has 2 N–H and O–H groups in total. The van der Waals surface area contributed by atoms with Gasteiger partial charge in [-0.05, 0) is 12.8 Å². The number of carbonyl (C=O) groups is 1. The fourth-order valence-electron chi connectivity index (χ4n) is 2.74. The molecule has 1 aliphatic heterocycles. The number of aromatic amines is 1. The average molecular weight is 288 g/mol. The Kier molecular flexibility index (Phi) is 2.95. The summed E-state index contributed by atoms with van der Waals surface area (Å²) in [5.41, 5.74) is 1.59. The van der Waals surface area contributed by atoms with E-state index in [1.807, 2.05) is 0 Å². The van der Waals surface area contributed by atoms with Crippen molar-refractivity contribution >= 4 is 5.91 Å². The first kappa shape index (κ1) is 12.5. The zero-order valence-electron chi connectivity index (χ0n) is 11.4. The van der Waals surface area contributed by atoms with E-state index in [1.165, 1.54) is 0 Å². The normalized spacial score (nSPS) is 25.1. The van der Waals surface area contributed by atoms with E-state index >= 15 is 0 Å². The van der Waals surface area contributed by atoms with Crippen LogP contribution in [0.2, 0.25) is 0 Å². The summed E-state index contributed by atoms with van der Waals surface area (Å²) >= 11 is 0. The SMILES string of the molecule is O=C(N[C@H]1COC[C@H]1n1ccnn1)c1cn[nH]c1C1CC1. The highest BCUT2D eigenvalue weighted by atomic mass is 16.5. The third-order valence-electron chi connectivity index (χ3n) is 4.05. The van der Waals surface area contributed by atoms with Crippen LogP contribution in [-0.2, 0) is 4.74 Å². The van der Waals surface area contributed by atoms with Crippen molar-refractivity contribution in [1.82, 2.24) is 30.5 Å². The monoisotopic (exact) mass is 288 g/mol. The molecule has 2 fully saturated rings. The topological polar surface area (TPSA) is 97.7 Å². The molecule has 8 nitrogen and oxygen atoms in total. The molecule has 1 amide bonds. The van der Waals surface area contributed by atoms with Gasteiger partial charge in [-0.1, -0.05) is 5.21 Å². The Morgan fingerprint density at radius 2 is 2.33 bits per heavy atom. The minimum absolute atomic E-state index is 0.0206. The summed E-state index contributed by atoms with van der Waals surface area (Å²) in [7, 11) is 0. The molecule has 0 spiro atoms. The Labute approximate surface area is 120 Å². The van der Waals surface area contributed by atoms with Crippen LogP contribution in [0, 0.1) is 0 Å². The summed E-state index contributed by atoms with van der Waals surface area (Å²) in [4.78, 5) is 12.5. The largest absolute Gasteiger partial charge is 0.377 e. The van der Waals surface area contributed by atoms with Crippen LogP contribution in [0.1, 0.15) is 40.9 Å². The van der Waals surface area contributed by atoms with Gasteiger partial charge in [0.15, 0.2) is 0 Å².